The number of ether oxygens (including phenoxy) is 1. The highest BCUT2D eigenvalue weighted by Gasteiger charge is 2.20. The molecule has 1 aliphatic heterocycles. The Balaban J connectivity index is 1.91. The van der Waals surface area contributed by atoms with E-state index in [4.69, 9.17) is 4.74 Å². The van der Waals surface area contributed by atoms with Crippen LogP contribution in [0.5, 0.6) is 5.75 Å². The van der Waals surface area contributed by atoms with Gasteiger partial charge in [0, 0.05) is 22.9 Å². The highest BCUT2D eigenvalue weighted by molar-refractivity contribution is 9.10. The van der Waals surface area contributed by atoms with E-state index in [2.05, 4.69) is 24.7 Å². The minimum absolute atomic E-state index is 0.0282. The largest absolute Gasteiger partial charge is 0.493 e. The van der Waals surface area contributed by atoms with E-state index in [9.17, 15) is 4.79 Å². The van der Waals surface area contributed by atoms with Crippen LogP contribution in [0.4, 0.5) is 0 Å². The number of benzene rings is 1. The molecule has 0 fully saturated rings. The molecule has 0 amide bonds. The fourth-order valence-corrected chi connectivity index (χ4v) is 3.01. The summed E-state index contributed by atoms with van der Waals surface area (Å²) in [4.78, 5) is 12.0. The molecule has 0 radical (unpaired) electrons. The van der Waals surface area contributed by atoms with Crippen LogP contribution in [0.1, 0.15) is 21.6 Å². The molecule has 18 heavy (non-hydrogen) atoms. The molecule has 2 aromatic rings. The van der Waals surface area contributed by atoms with E-state index in [0.717, 1.165) is 39.5 Å². The van der Waals surface area contributed by atoms with Crippen molar-refractivity contribution in [2.24, 2.45) is 0 Å². The van der Waals surface area contributed by atoms with Crippen LogP contribution in [0.3, 0.4) is 0 Å². The number of rotatable bonds is 3. The smallest absolute Gasteiger partial charge is 0.188 e. The average Bonchev–Trinajstić information content (AvgIpc) is 2.98. The standard InChI is InChI=1S/C12H9BrN2O2S/c13-9-3-7-1-2-17-12(7)8(4-9)5-11(16)10-6-14-18-15-10/h3-4,6H,1-2,5H2. The zero-order valence-corrected chi connectivity index (χ0v) is 11.8. The SMILES string of the molecule is O=C(Cc1cc(Br)cc2c1OCC2)c1cnsn1. The first-order valence-corrected chi connectivity index (χ1v) is 7.01. The maximum Gasteiger partial charge on any atom is 0.188 e. The first kappa shape index (κ1) is 11.8. The van der Waals surface area contributed by atoms with E-state index in [1.54, 1.807) is 0 Å². The van der Waals surface area contributed by atoms with Crippen molar-refractivity contribution in [1.82, 2.24) is 8.75 Å². The van der Waals surface area contributed by atoms with E-state index < -0.39 is 0 Å². The van der Waals surface area contributed by atoms with Gasteiger partial charge in [-0.25, -0.2) is 0 Å². The molecule has 6 heteroatoms. The van der Waals surface area contributed by atoms with E-state index in [1.807, 2.05) is 12.1 Å². The number of halogens is 1. The fourth-order valence-electron chi connectivity index (χ4n) is 2.03. The van der Waals surface area contributed by atoms with Gasteiger partial charge in [-0.1, -0.05) is 15.9 Å². The molecule has 1 aromatic carbocycles. The third-order valence-electron chi connectivity index (χ3n) is 2.82. The number of fused-ring (bicyclic) bond motifs is 1. The van der Waals surface area contributed by atoms with Gasteiger partial charge in [-0.15, -0.1) is 0 Å². The molecular weight excluding hydrogens is 316 g/mol. The topological polar surface area (TPSA) is 52.1 Å². The Morgan fingerprint density at radius 1 is 1.50 bits per heavy atom. The number of carbonyl (C=O) groups is 1. The fraction of sp³-hybridized carbons (Fsp3) is 0.250. The second-order valence-electron chi connectivity index (χ2n) is 4.04. The molecule has 0 saturated heterocycles. The molecule has 0 spiro atoms. The molecule has 1 aliphatic rings. The summed E-state index contributed by atoms with van der Waals surface area (Å²) < 4.78 is 14.4. The van der Waals surface area contributed by atoms with Gasteiger partial charge < -0.3 is 4.74 Å². The molecule has 0 unspecified atom stereocenters. The lowest BCUT2D eigenvalue weighted by Crippen LogP contribution is -2.05. The molecule has 0 saturated carbocycles. The predicted octanol–water partition coefficient (Wildman–Crippen LogP) is 2.66. The van der Waals surface area contributed by atoms with Crippen LogP contribution in [0.15, 0.2) is 22.8 Å². The van der Waals surface area contributed by atoms with Crippen molar-refractivity contribution < 1.29 is 9.53 Å². The Hall–Kier alpha value is -1.27. The van der Waals surface area contributed by atoms with E-state index in [0.29, 0.717) is 18.7 Å². The molecule has 0 N–H and O–H groups in total. The molecule has 2 heterocycles. The first-order valence-electron chi connectivity index (χ1n) is 5.49. The van der Waals surface area contributed by atoms with Crippen LogP contribution in [0.25, 0.3) is 0 Å². The average molecular weight is 325 g/mol. The lowest BCUT2D eigenvalue weighted by molar-refractivity contribution is 0.0988. The predicted molar refractivity (Wildman–Crippen MR) is 71.3 cm³/mol. The van der Waals surface area contributed by atoms with Crippen molar-refractivity contribution in [3.63, 3.8) is 0 Å². The summed E-state index contributed by atoms with van der Waals surface area (Å²) in [6, 6.07) is 3.97. The summed E-state index contributed by atoms with van der Waals surface area (Å²) in [5.41, 5.74) is 2.49. The minimum atomic E-state index is -0.0282. The quantitative estimate of drug-likeness (QED) is 0.814. The highest BCUT2D eigenvalue weighted by Crippen LogP contribution is 2.33. The van der Waals surface area contributed by atoms with E-state index >= 15 is 0 Å². The number of nitrogens with zero attached hydrogens (tertiary/aromatic N) is 2. The number of ketones is 1. The second kappa shape index (κ2) is 4.78. The Kier molecular flexibility index (Phi) is 3.13. The van der Waals surface area contributed by atoms with Crippen molar-refractivity contribution >= 4 is 33.4 Å². The van der Waals surface area contributed by atoms with Crippen LogP contribution in [0.2, 0.25) is 0 Å². The van der Waals surface area contributed by atoms with Gasteiger partial charge in [-0.3, -0.25) is 4.79 Å². The maximum atomic E-state index is 12.0. The van der Waals surface area contributed by atoms with Gasteiger partial charge in [0.2, 0.25) is 0 Å². The van der Waals surface area contributed by atoms with Crippen molar-refractivity contribution in [2.45, 2.75) is 12.8 Å². The lowest BCUT2D eigenvalue weighted by atomic mass is 10.0. The normalized spacial score (nSPS) is 13.2. The van der Waals surface area contributed by atoms with Crippen LogP contribution in [0, 0.1) is 0 Å². The van der Waals surface area contributed by atoms with Gasteiger partial charge in [0.25, 0.3) is 0 Å². The summed E-state index contributed by atoms with van der Waals surface area (Å²) >= 11 is 4.51. The Morgan fingerprint density at radius 3 is 3.17 bits per heavy atom. The summed E-state index contributed by atoms with van der Waals surface area (Å²) in [6.45, 7) is 0.686. The lowest BCUT2D eigenvalue weighted by Gasteiger charge is -2.07. The van der Waals surface area contributed by atoms with E-state index in [-0.39, 0.29) is 5.78 Å². The first-order chi connectivity index (χ1) is 8.74. The van der Waals surface area contributed by atoms with Crippen LogP contribution >= 0.6 is 27.7 Å². The molecule has 0 aliphatic carbocycles. The van der Waals surface area contributed by atoms with Gasteiger partial charge in [-0.2, -0.15) is 8.75 Å². The van der Waals surface area contributed by atoms with Gasteiger partial charge in [0.1, 0.15) is 11.4 Å². The molecular formula is C12H9BrN2O2S. The number of hydrogen-bond donors (Lipinski definition) is 0. The van der Waals surface area contributed by atoms with Gasteiger partial charge in [0.05, 0.1) is 24.5 Å². The zero-order valence-electron chi connectivity index (χ0n) is 9.35. The highest BCUT2D eigenvalue weighted by atomic mass is 79.9. The van der Waals surface area contributed by atoms with Crippen molar-refractivity contribution in [3.8, 4) is 5.75 Å². The molecule has 92 valence electrons. The van der Waals surface area contributed by atoms with Crippen molar-refractivity contribution in [3.05, 3.63) is 39.6 Å². The van der Waals surface area contributed by atoms with Gasteiger partial charge in [-0.05, 0) is 17.7 Å². The summed E-state index contributed by atoms with van der Waals surface area (Å²) in [7, 11) is 0. The third kappa shape index (κ3) is 2.18. The van der Waals surface area contributed by atoms with Gasteiger partial charge >= 0.3 is 0 Å². The monoisotopic (exact) mass is 324 g/mol. The molecule has 0 bridgehead atoms. The maximum absolute atomic E-state index is 12.0. The summed E-state index contributed by atoms with van der Waals surface area (Å²) in [5.74, 6) is 0.828. The number of aromatic nitrogens is 2. The number of Topliss-reactive ketones (excluding diaryl/α,β-unsaturated/α-hetero) is 1. The second-order valence-corrected chi connectivity index (χ2v) is 5.52. The number of carbonyl (C=O) groups excluding carboxylic acids is 1. The molecule has 0 atom stereocenters. The van der Waals surface area contributed by atoms with Crippen molar-refractivity contribution in [1.29, 1.82) is 0 Å². The third-order valence-corrected chi connectivity index (χ3v) is 3.76. The van der Waals surface area contributed by atoms with E-state index in [1.165, 1.54) is 6.20 Å². The Bertz CT molecular complexity index is 598. The molecule has 1 aromatic heterocycles. The summed E-state index contributed by atoms with van der Waals surface area (Å²) in [6.07, 6.45) is 2.70. The zero-order chi connectivity index (χ0) is 12.5. The van der Waals surface area contributed by atoms with Crippen LogP contribution < -0.4 is 4.74 Å². The number of hydrogen-bond acceptors (Lipinski definition) is 5. The van der Waals surface area contributed by atoms with Gasteiger partial charge in [0.15, 0.2) is 5.78 Å². The van der Waals surface area contributed by atoms with Crippen LogP contribution in [-0.4, -0.2) is 21.1 Å². The van der Waals surface area contributed by atoms with Crippen molar-refractivity contribution in [2.75, 3.05) is 6.61 Å². The Morgan fingerprint density at radius 2 is 2.39 bits per heavy atom. The molecule has 3 rings (SSSR count). The van der Waals surface area contributed by atoms with Crippen LogP contribution in [-0.2, 0) is 12.8 Å². The minimum Gasteiger partial charge on any atom is -0.493 e. The summed E-state index contributed by atoms with van der Waals surface area (Å²) in [5, 5.41) is 0. The molecule has 4 nitrogen and oxygen atoms in total. The Labute approximate surface area is 116 Å².